The van der Waals surface area contributed by atoms with Crippen molar-refractivity contribution in [2.24, 2.45) is 16.8 Å². The van der Waals surface area contributed by atoms with Crippen molar-refractivity contribution >= 4 is 5.96 Å². The lowest BCUT2D eigenvalue weighted by molar-refractivity contribution is 0.246. The van der Waals surface area contributed by atoms with Crippen LogP contribution >= 0.6 is 0 Å². The molecule has 4 nitrogen and oxygen atoms in total. The Kier molecular flexibility index (Phi) is 4.72. The number of hydrogen-bond acceptors (Lipinski definition) is 2. The third-order valence-electron chi connectivity index (χ3n) is 5.86. The first-order valence-electron chi connectivity index (χ1n) is 8.86. The third kappa shape index (κ3) is 3.53. The first kappa shape index (κ1) is 15.1. The van der Waals surface area contributed by atoms with E-state index in [0.29, 0.717) is 6.04 Å². The minimum atomic E-state index is 0.583. The van der Waals surface area contributed by atoms with Crippen LogP contribution < -0.4 is 5.32 Å². The van der Waals surface area contributed by atoms with Gasteiger partial charge in [-0.15, -0.1) is 0 Å². The van der Waals surface area contributed by atoms with Crippen LogP contribution in [0.2, 0.25) is 0 Å². The van der Waals surface area contributed by atoms with Crippen molar-refractivity contribution in [3.8, 4) is 0 Å². The molecule has 0 aromatic carbocycles. The lowest BCUT2D eigenvalue weighted by Crippen LogP contribution is -2.46. The number of aliphatic imine (C=N–C) groups is 1. The molecule has 1 heterocycles. The quantitative estimate of drug-likeness (QED) is 0.636. The number of hydrogen-bond donors (Lipinski definition) is 1. The minimum absolute atomic E-state index is 0.583. The van der Waals surface area contributed by atoms with Crippen molar-refractivity contribution in [3.63, 3.8) is 0 Å². The Balaban J connectivity index is 1.49. The molecule has 21 heavy (non-hydrogen) atoms. The van der Waals surface area contributed by atoms with Crippen LogP contribution in [0.4, 0.5) is 0 Å². The number of guanidine groups is 1. The summed E-state index contributed by atoms with van der Waals surface area (Å²) in [7, 11) is 4.19. The SMILES string of the molecule is CN=C(NCC(C)N(C)C1CC1)N1CC2CCCCC2C1. The smallest absolute Gasteiger partial charge is 0.193 e. The Morgan fingerprint density at radius 2 is 1.81 bits per heavy atom. The molecular formula is C17H32N4. The van der Waals surface area contributed by atoms with Crippen LogP contribution in [0, 0.1) is 11.8 Å². The molecule has 3 rings (SSSR count). The average Bonchev–Trinajstić information content (AvgIpc) is 3.26. The molecule has 3 aliphatic rings. The van der Waals surface area contributed by atoms with Crippen molar-refractivity contribution in [2.75, 3.05) is 33.7 Å². The lowest BCUT2D eigenvalue weighted by atomic mass is 9.82. The van der Waals surface area contributed by atoms with Gasteiger partial charge in [0.25, 0.3) is 0 Å². The second-order valence-electron chi connectivity index (χ2n) is 7.38. The van der Waals surface area contributed by atoms with E-state index in [1.165, 1.54) is 51.6 Å². The van der Waals surface area contributed by atoms with Crippen molar-refractivity contribution < 1.29 is 0 Å². The molecular weight excluding hydrogens is 260 g/mol. The van der Waals surface area contributed by atoms with Gasteiger partial charge < -0.3 is 10.2 Å². The van der Waals surface area contributed by atoms with E-state index in [4.69, 9.17) is 0 Å². The van der Waals surface area contributed by atoms with Gasteiger partial charge >= 0.3 is 0 Å². The summed E-state index contributed by atoms with van der Waals surface area (Å²) in [6.45, 7) is 5.77. The topological polar surface area (TPSA) is 30.9 Å². The molecule has 3 atom stereocenters. The van der Waals surface area contributed by atoms with E-state index >= 15 is 0 Å². The summed E-state index contributed by atoms with van der Waals surface area (Å²) in [5.41, 5.74) is 0. The summed E-state index contributed by atoms with van der Waals surface area (Å²) in [6.07, 6.45) is 8.49. The van der Waals surface area contributed by atoms with Crippen LogP contribution in [-0.2, 0) is 0 Å². The highest BCUT2D eigenvalue weighted by molar-refractivity contribution is 5.80. The fourth-order valence-electron chi connectivity index (χ4n) is 4.14. The monoisotopic (exact) mass is 292 g/mol. The predicted molar refractivity (Wildman–Crippen MR) is 88.6 cm³/mol. The minimum Gasteiger partial charge on any atom is -0.355 e. The summed E-state index contributed by atoms with van der Waals surface area (Å²) in [6, 6.07) is 1.41. The standard InChI is InChI=1S/C17H32N4/c1-13(20(3)16-8-9-16)10-19-17(18-2)21-11-14-6-4-5-7-15(14)12-21/h13-16H,4-12H2,1-3H3,(H,18,19). The lowest BCUT2D eigenvalue weighted by Gasteiger charge is -2.28. The number of likely N-dealkylation sites (tertiary alicyclic amines) is 1. The molecule has 3 unspecified atom stereocenters. The normalized spacial score (nSPS) is 31.4. The molecule has 0 amide bonds. The highest BCUT2D eigenvalue weighted by atomic mass is 15.3. The fourth-order valence-corrected chi connectivity index (χ4v) is 4.14. The molecule has 0 spiro atoms. The summed E-state index contributed by atoms with van der Waals surface area (Å²) in [5.74, 6) is 2.97. The summed E-state index contributed by atoms with van der Waals surface area (Å²) < 4.78 is 0. The molecule has 4 heteroatoms. The molecule has 0 aromatic heterocycles. The molecule has 0 radical (unpaired) electrons. The predicted octanol–water partition coefficient (Wildman–Crippen LogP) is 2.17. The molecule has 120 valence electrons. The number of rotatable bonds is 4. The molecule has 1 aliphatic heterocycles. The first-order chi connectivity index (χ1) is 10.2. The Bertz CT molecular complexity index is 363. The molecule has 0 aromatic rings. The van der Waals surface area contributed by atoms with Gasteiger partial charge in [0.05, 0.1) is 0 Å². The van der Waals surface area contributed by atoms with Crippen LogP contribution in [0.5, 0.6) is 0 Å². The van der Waals surface area contributed by atoms with Crippen molar-refractivity contribution in [3.05, 3.63) is 0 Å². The van der Waals surface area contributed by atoms with E-state index < -0.39 is 0 Å². The molecule has 3 fully saturated rings. The molecule has 2 aliphatic carbocycles. The van der Waals surface area contributed by atoms with Gasteiger partial charge in [0.1, 0.15) is 0 Å². The van der Waals surface area contributed by atoms with Gasteiger partial charge in [-0.2, -0.15) is 0 Å². The van der Waals surface area contributed by atoms with E-state index in [0.717, 1.165) is 30.4 Å². The van der Waals surface area contributed by atoms with E-state index in [1.807, 2.05) is 7.05 Å². The van der Waals surface area contributed by atoms with Gasteiger partial charge in [-0.3, -0.25) is 9.89 Å². The zero-order valence-electron chi connectivity index (χ0n) is 14.0. The third-order valence-corrected chi connectivity index (χ3v) is 5.86. The van der Waals surface area contributed by atoms with Gasteiger partial charge in [0.15, 0.2) is 5.96 Å². The largest absolute Gasteiger partial charge is 0.355 e. The number of nitrogens with zero attached hydrogens (tertiary/aromatic N) is 3. The number of likely N-dealkylation sites (N-methyl/N-ethyl adjacent to an activating group) is 1. The van der Waals surface area contributed by atoms with Gasteiger partial charge in [0.2, 0.25) is 0 Å². The van der Waals surface area contributed by atoms with Gasteiger partial charge in [-0.05, 0) is 51.5 Å². The summed E-state index contributed by atoms with van der Waals surface area (Å²) >= 11 is 0. The van der Waals surface area contributed by atoms with Crippen molar-refractivity contribution in [1.29, 1.82) is 0 Å². The second kappa shape index (κ2) is 6.55. The van der Waals surface area contributed by atoms with Crippen LogP contribution in [0.3, 0.4) is 0 Å². The molecule has 1 saturated heterocycles. The Labute approximate surface area is 130 Å². The van der Waals surface area contributed by atoms with Crippen molar-refractivity contribution in [2.45, 2.75) is 57.5 Å². The second-order valence-corrected chi connectivity index (χ2v) is 7.38. The highest BCUT2D eigenvalue weighted by Gasteiger charge is 2.36. The molecule has 0 bridgehead atoms. The Morgan fingerprint density at radius 1 is 1.19 bits per heavy atom. The average molecular weight is 292 g/mol. The van der Waals surface area contributed by atoms with Gasteiger partial charge in [-0.25, -0.2) is 0 Å². The van der Waals surface area contributed by atoms with E-state index in [9.17, 15) is 0 Å². The summed E-state index contributed by atoms with van der Waals surface area (Å²) in [4.78, 5) is 9.56. The molecule has 1 N–H and O–H groups in total. The zero-order valence-corrected chi connectivity index (χ0v) is 14.0. The van der Waals surface area contributed by atoms with Crippen LogP contribution in [0.1, 0.15) is 45.4 Å². The van der Waals surface area contributed by atoms with E-state index in [2.05, 4.69) is 34.1 Å². The zero-order chi connectivity index (χ0) is 14.8. The number of nitrogens with one attached hydrogen (secondary N) is 1. The van der Waals surface area contributed by atoms with E-state index in [1.54, 1.807) is 0 Å². The molecule has 2 saturated carbocycles. The maximum Gasteiger partial charge on any atom is 0.193 e. The summed E-state index contributed by atoms with van der Waals surface area (Å²) in [5, 5.41) is 3.62. The van der Waals surface area contributed by atoms with Crippen molar-refractivity contribution in [1.82, 2.24) is 15.1 Å². The van der Waals surface area contributed by atoms with E-state index in [-0.39, 0.29) is 0 Å². The van der Waals surface area contributed by atoms with Gasteiger partial charge in [-0.1, -0.05) is 12.8 Å². The van der Waals surface area contributed by atoms with Gasteiger partial charge in [0, 0.05) is 38.8 Å². The highest BCUT2D eigenvalue weighted by Crippen LogP contribution is 2.36. The Morgan fingerprint density at radius 3 is 2.33 bits per heavy atom. The maximum atomic E-state index is 4.53. The van der Waals surface area contributed by atoms with Crippen LogP contribution in [0.25, 0.3) is 0 Å². The van der Waals surface area contributed by atoms with Crippen LogP contribution in [-0.4, -0.2) is 61.6 Å². The fraction of sp³-hybridized carbons (Fsp3) is 0.941. The maximum absolute atomic E-state index is 4.53. The number of fused-ring (bicyclic) bond motifs is 1. The Hall–Kier alpha value is -0.770. The first-order valence-corrected chi connectivity index (χ1v) is 8.86. The van der Waals surface area contributed by atoms with Crippen LogP contribution in [0.15, 0.2) is 4.99 Å².